The smallest absolute Gasteiger partial charge is 0.410 e. The molecular formula is C18H25N3O5. The Morgan fingerprint density at radius 2 is 1.96 bits per heavy atom. The Morgan fingerprint density at radius 3 is 2.54 bits per heavy atom. The Hall–Kier alpha value is -2.51. The summed E-state index contributed by atoms with van der Waals surface area (Å²) in [5.41, 5.74) is -0.114. The summed E-state index contributed by atoms with van der Waals surface area (Å²) in [5, 5.41) is 11.0. The maximum Gasteiger partial charge on any atom is 0.410 e. The molecule has 26 heavy (non-hydrogen) atoms. The molecule has 2 aliphatic rings. The summed E-state index contributed by atoms with van der Waals surface area (Å²) in [5.74, 6) is 0.527. The second kappa shape index (κ2) is 6.34. The summed E-state index contributed by atoms with van der Waals surface area (Å²) in [6, 6.07) is 4.69. The van der Waals surface area contributed by atoms with Gasteiger partial charge in [-0.3, -0.25) is 10.1 Å². The van der Waals surface area contributed by atoms with Crippen LogP contribution < -0.4 is 9.64 Å². The predicted molar refractivity (Wildman–Crippen MR) is 96.8 cm³/mol. The molecule has 0 bridgehead atoms. The van der Waals surface area contributed by atoms with E-state index in [2.05, 4.69) is 4.90 Å². The van der Waals surface area contributed by atoms with Crippen LogP contribution in [0.1, 0.15) is 33.6 Å². The van der Waals surface area contributed by atoms with E-state index in [0.717, 1.165) is 5.69 Å². The van der Waals surface area contributed by atoms with Gasteiger partial charge in [-0.2, -0.15) is 0 Å². The second-order valence-electron chi connectivity index (χ2n) is 8.02. The molecule has 1 saturated heterocycles. The number of carbonyl (C=O) groups is 1. The average Bonchev–Trinajstić information content (AvgIpc) is 2.53. The molecule has 1 fully saturated rings. The molecule has 0 radical (unpaired) electrons. The second-order valence-corrected chi connectivity index (χ2v) is 8.02. The fourth-order valence-electron chi connectivity index (χ4n) is 3.48. The van der Waals surface area contributed by atoms with Gasteiger partial charge in [-0.1, -0.05) is 0 Å². The Morgan fingerprint density at radius 1 is 1.31 bits per heavy atom. The molecule has 0 aromatic heterocycles. The fourth-order valence-corrected chi connectivity index (χ4v) is 3.48. The Bertz CT molecular complexity index is 720. The molecular weight excluding hydrogens is 338 g/mol. The van der Waals surface area contributed by atoms with E-state index in [1.165, 1.54) is 12.1 Å². The number of fused-ring (bicyclic) bond motifs is 1. The third-order valence-electron chi connectivity index (χ3n) is 4.74. The SMILES string of the molecule is CN1CC2(CCN(C(=O)OC(C)(C)C)CC2)Oc2cc([N+](=O)[O-])ccc21. The zero-order chi connectivity index (χ0) is 19.1. The van der Waals surface area contributed by atoms with Gasteiger partial charge in [0, 0.05) is 39.0 Å². The van der Waals surface area contributed by atoms with Crippen molar-refractivity contribution in [3.63, 3.8) is 0 Å². The molecule has 0 saturated carbocycles. The third kappa shape index (κ3) is 3.68. The molecule has 0 aliphatic carbocycles. The normalized spacial score (nSPS) is 18.9. The van der Waals surface area contributed by atoms with Crippen LogP contribution in [0.15, 0.2) is 18.2 Å². The summed E-state index contributed by atoms with van der Waals surface area (Å²) in [6.45, 7) is 7.29. The lowest BCUT2D eigenvalue weighted by Gasteiger charge is -2.47. The van der Waals surface area contributed by atoms with Crippen molar-refractivity contribution in [1.82, 2.24) is 4.90 Å². The van der Waals surface area contributed by atoms with Gasteiger partial charge < -0.3 is 19.3 Å². The number of piperidine rings is 1. The van der Waals surface area contributed by atoms with Crippen molar-refractivity contribution >= 4 is 17.5 Å². The van der Waals surface area contributed by atoms with Gasteiger partial charge in [0.2, 0.25) is 0 Å². The largest absolute Gasteiger partial charge is 0.483 e. The highest BCUT2D eigenvalue weighted by Crippen LogP contribution is 2.42. The molecule has 1 aromatic carbocycles. The third-order valence-corrected chi connectivity index (χ3v) is 4.74. The molecule has 8 nitrogen and oxygen atoms in total. The minimum absolute atomic E-state index is 0.0143. The molecule has 0 unspecified atom stereocenters. The number of nitro benzene ring substituents is 1. The van der Waals surface area contributed by atoms with Crippen molar-refractivity contribution in [3.8, 4) is 5.75 Å². The lowest BCUT2D eigenvalue weighted by molar-refractivity contribution is -0.385. The first kappa shape index (κ1) is 18.3. The van der Waals surface area contributed by atoms with E-state index in [4.69, 9.17) is 9.47 Å². The molecule has 1 spiro atoms. The molecule has 8 heteroatoms. The topological polar surface area (TPSA) is 85.2 Å². The summed E-state index contributed by atoms with van der Waals surface area (Å²) in [6.07, 6.45) is 0.991. The lowest BCUT2D eigenvalue weighted by Crippen LogP contribution is -2.57. The first-order valence-electron chi connectivity index (χ1n) is 8.75. The van der Waals surface area contributed by atoms with Crippen LogP contribution in [0.3, 0.4) is 0 Å². The molecule has 2 heterocycles. The number of hydrogen-bond donors (Lipinski definition) is 0. The number of amides is 1. The van der Waals surface area contributed by atoms with Crippen LogP contribution >= 0.6 is 0 Å². The van der Waals surface area contributed by atoms with Crippen molar-refractivity contribution in [2.24, 2.45) is 0 Å². The molecule has 3 rings (SSSR count). The summed E-state index contributed by atoms with van der Waals surface area (Å²) in [7, 11) is 1.95. The van der Waals surface area contributed by atoms with Gasteiger partial charge >= 0.3 is 6.09 Å². The van der Waals surface area contributed by atoms with E-state index in [-0.39, 0.29) is 11.8 Å². The summed E-state index contributed by atoms with van der Waals surface area (Å²) >= 11 is 0. The van der Waals surface area contributed by atoms with Crippen LogP contribution in [-0.2, 0) is 4.74 Å². The highest BCUT2D eigenvalue weighted by Gasteiger charge is 2.43. The number of likely N-dealkylation sites (tertiary alicyclic amines) is 1. The van der Waals surface area contributed by atoms with Crippen LogP contribution in [0.2, 0.25) is 0 Å². The molecule has 1 amide bonds. The number of non-ortho nitro benzene ring substituents is 1. The number of hydrogen-bond acceptors (Lipinski definition) is 6. The summed E-state index contributed by atoms with van der Waals surface area (Å²) < 4.78 is 11.7. The van der Waals surface area contributed by atoms with Crippen molar-refractivity contribution in [2.45, 2.75) is 44.8 Å². The van der Waals surface area contributed by atoms with E-state index in [0.29, 0.717) is 38.2 Å². The maximum absolute atomic E-state index is 12.2. The van der Waals surface area contributed by atoms with E-state index >= 15 is 0 Å². The number of likely N-dealkylation sites (N-methyl/N-ethyl adjacent to an activating group) is 1. The van der Waals surface area contributed by atoms with Gasteiger partial charge in [0.05, 0.1) is 23.2 Å². The Balaban J connectivity index is 1.72. The lowest BCUT2D eigenvalue weighted by atomic mass is 9.89. The molecule has 142 valence electrons. The minimum atomic E-state index is -0.522. The van der Waals surface area contributed by atoms with E-state index in [1.807, 2.05) is 27.8 Å². The zero-order valence-electron chi connectivity index (χ0n) is 15.7. The van der Waals surface area contributed by atoms with Crippen molar-refractivity contribution in [1.29, 1.82) is 0 Å². The standard InChI is InChI=1S/C18H25N3O5/c1-17(2,3)26-16(22)20-9-7-18(8-10-20)12-19(4)14-6-5-13(21(23)24)11-15(14)25-18/h5-6,11H,7-10,12H2,1-4H3. The van der Waals surface area contributed by atoms with E-state index < -0.39 is 16.1 Å². The minimum Gasteiger partial charge on any atom is -0.483 e. The molecule has 2 aliphatic heterocycles. The zero-order valence-corrected chi connectivity index (χ0v) is 15.7. The van der Waals surface area contributed by atoms with Gasteiger partial charge in [-0.25, -0.2) is 4.79 Å². The maximum atomic E-state index is 12.2. The monoisotopic (exact) mass is 363 g/mol. The number of rotatable bonds is 1. The number of ether oxygens (including phenoxy) is 2. The molecule has 0 atom stereocenters. The number of carbonyl (C=O) groups excluding carboxylic acids is 1. The quantitative estimate of drug-likeness (QED) is 0.563. The Kier molecular flexibility index (Phi) is 4.46. The number of nitro groups is 1. The van der Waals surface area contributed by atoms with Crippen molar-refractivity contribution in [3.05, 3.63) is 28.3 Å². The van der Waals surface area contributed by atoms with Crippen LogP contribution in [0.25, 0.3) is 0 Å². The number of benzene rings is 1. The van der Waals surface area contributed by atoms with Crippen LogP contribution in [0.5, 0.6) is 5.75 Å². The van der Waals surface area contributed by atoms with Crippen LogP contribution in [0.4, 0.5) is 16.2 Å². The van der Waals surface area contributed by atoms with Gasteiger partial charge in [0.25, 0.3) is 5.69 Å². The molecule has 1 aromatic rings. The van der Waals surface area contributed by atoms with Gasteiger partial charge in [0.15, 0.2) is 0 Å². The van der Waals surface area contributed by atoms with Crippen LogP contribution in [0, 0.1) is 10.1 Å². The first-order chi connectivity index (χ1) is 12.1. The van der Waals surface area contributed by atoms with Gasteiger partial charge in [-0.05, 0) is 26.8 Å². The van der Waals surface area contributed by atoms with Crippen LogP contribution in [-0.4, -0.2) is 53.8 Å². The predicted octanol–water partition coefficient (Wildman–Crippen LogP) is 3.19. The molecule has 0 N–H and O–H groups in total. The average molecular weight is 363 g/mol. The fraction of sp³-hybridized carbons (Fsp3) is 0.611. The Labute approximate surface area is 152 Å². The summed E-state index contributed by atoms with van der Waals surface area (Å²) in [4.78, 5) is 26.6. The van der Waals surface area contributed by atoms with Gasteiger partial charge in [-0.15, -0.1) is 0 Å². The van der Waals surface area contributed by atoms with E-state index in [9.17, 15) is 14.9 Å². The number of anilines is 1. The van der Waals surface area contributed by atoms with Crippen molar-refractivity contribution in [2.75, 3.05) is 31.6 Å². The number of nitrogens with zero attached hydrogens (tertiary/aromatic N) is 3. The van der Waals surface area contributed by atoms with E-state index in [1.54, 1.807) is 11.0 Å². The van der Waals surface area contributed by atoms with Gasteiger partial charge in [0.1, 0.15) is 17.0 Å². The highest BCUT2D eigenvalue weighted by atomic mass is 16.6. The van der Waals surface area contributed by atoms with Crippen molar-refractivity contribution < 1.29 is 19.2 Å². The highest BCUT2D eigenvalue weighted by molar-refractivity contribution is 5.68. The first-order valence-corrected chi connectivity index (χ1v) is 8.75.